The maximum absolute atomic E-state index is 5.08. The summed E-state index contributed by atoms with van der Waals surface area (Å²) in [5.41, 5.74) is 3.39. The van der Waals surface area contributed by atoms with E-state index in [0.717, 1.165) is 17.1 Å². The Morgan fingerprint density at radius 3 is 3.00 bits per heavy atom. The van der Waals surface area contributed by atoms with Crippen molar-refractivity contribution in [3.8, 4) is 0 Å². The van der Waals surface area contributed by atoms with Gasteiger partial charge in [-0.1, -0.05) is 24.3 Å². The van der Waals surface area contributed by atoms with Crippen LogP contribution >= 0.6 is 11.3 Å². The third-order valence-electron chi connectivity index (χ3n) is 2.45. The lowest BCUT2D eigenvalue weighted by Gasteiger charge is -2.08. The predicted molar refractivity (Wildman–Crippen MR) is 72.8 cm³/mol. The SMILES string of the molecule is CO/C=C1\CC=CC=C1C=Cc1csc(C)n1. The minimum atomic E-state index is 0.917. The van der Waals surface area contributed by atoms with Gasteiger partial charge in [0, 0.05) is 5.38 Å². The smallest absolute Gasteiger partial charge is 0.0901 e. The second-order valence-electron chi connectivity index (χ2n) is 3.76. The molecule has 3 heteroatoms. The van der Waals surface area contributed by atoms with E-state index in [1.165, 1.54) is 11.1 Å². The van der Waals surface area contributed by atoms with Crippen LogP contribution < -0.4 is 0 Å². The summed E-state index contributed by atoms with van der Waals surface area (Å²) in [6.07, 6.45) is 13.1. The molecular formula is C14H15NOS. The first-order valence-corrected chi connectivity index (χ1v) is 6.37. The summed E-state index contributed by atoms with van der Waals surface area (Å²) in [5.74, 6) is 0. The van der Waals surface area contributed by atoms with Crippen molar-refractivity contribution in [3.05, 3.63) is 57.8 Å². The molecule has 0 atom stereocenters. The van der Waals surface area contributed by atoms with E-state index < -0.39 is 0 Å². The van der Waals surface area contributed by atoms with Crippen LogP contribution in [0.1, 0.15) is 17.1 Å². The summed E-state index contributed by atoms with van der Waals surface area (Å²) in [5, 5.41) is 3.15. The molecule has 0 saturated carbocycles. The van der Waals surface area contributed by atoms with Crippen molar-refractivity contribution in [3.63, 3.8) is 0 Å². The molecule has 2 nitrogen and oxygen atoms in total. The average molecular weight is 245 g/mol. The van der Waals surface area contributed by atoms with Gasteiger partial charge in [0.25, 0.3) is 0 Å². The minimum absolute atomic E-state index is 0.917. The summed E-state index contributed by atoms with van der Waals surface area (Å²) in [6, 6.07) is 0. The molecule has 1 heterocycles. The van der Waals surface area contributed by atoms with Crippen LogP contribution in [0.15, 0.2) is 47.1 Å². The highest BCUT2D eigenvalue weighted by atomic mass is 32.1. The Morgan fingerprint density at radius 1 is 1.41 bits per heavy atom. The molecule has 17 heavy (non-hydrogen) atoms. The Kier molecular flexibility index (Phi) is 3.94. The van der Waals surface area contributed by atoms with E-state index in [0.29, 0.717) is 0 Å². The van der Waals surface area contributed by atoms with Crippen LogP contribution in [0, 0.1) is 6.92 Å². The van der Waals surface area contributed by atoms with Crippen LogP contribution in [0.25, 0.3) is 6.08 Å². The van der Waals surface area contributed by atoms with Gasteiger partial charge < -0.3 is 4.74 Å². The molecule has 0 aliphatic heterocycles. The van der Waals surface area contributed by atoms with E-state index in [1.54, 1.807) is 24.7 Å². The van der Waals surface area contributed by atoms with Crippen molar-refractivity contribution < 1.29 is 4.74 Å². The van der Waals surface area contributed by atoms with Gasteiger partial charge in [0.2, 0.25) is 0 Å². The van der Waals surface area contributed by atoms with Crippen molar-refractivity contribution in [2.45, 2.75) is 13.3 Å². The molecule has 88 valence electrons. The van der Waals surface area contributed by atoms with Gasteiger partial charge in [0.05, 0.1) is 24.1 Å². The maximum Gasteiger partial charge on any atom is 0.0901 e. The van der Waals surface area contributed by atoms with Gasteiger partial charge in [0.15, 0.2) is 0 Å². The van der Waals surface area contributed by atoms with Crippen molar-refractivity contribution in [2.75, 3.05) is 7.11 Å². The normalized spacial score (nSPS) is 17.8. The van der Waals surface area contributed by atoms with E-state index in [9.17, 15) is 0 Å². The molecule has 0 radical (unpaired) electrons. The summed E-state index contributed by atoms with van der Waals surface area (Å²) in [7, 11) is 1.68. The summed E-state index contributed by atoms with van der Waals surface area (Å²) in [4.78, 5) is 4.40. The maximum atomic E-state index is 5.08. The van der Waals surface area contributed by atoms with Crippen molar-refractivity contribution in [1.29, 1.82) is 0 Å². The van der Waals surface area contributed by atoms with E-state index in [2.05, 4.69) is 34.7 Å². The van der Waals surface area contributed by atoms with E-state index in [-0.39, 0.29) is 0 Å². The third kappa shape index (κ3) is 3.17. The number of aryl methyl sites for hydroxylation is 1. The third-order valence-corrected chi connectivity index (χ3v) is 3.24. The van der Waals surface area contributed by atoms with E-state index >= 15 is 0 Å². The number of hydrogen-bond acceptors (Lipinski definition) is 3. The molecule has 1 aromatic heterocycles. The van der Waals surface area contributed by atoms with E-state index in [4.69, 9.17) is 4.74 Å². The monoisotopic (exact) mass is 245 g/mol. The van der Waals surface area contributed by atoms with Crippen LogP contribution in [-0.2, 0) is 4.74 Å². The standard InChI is InChI=1S/C14H15NOS/c1-11-15-14(10-17-11)8-7-12-5-3-4-6-13(12)9-16-2/h3-5,7-10H,6H2,1-2H3/b8-7?,13-9+. The van der Waals surface area contributed by atoms with Gasteiger partial charge in [-0.2, -0.15) is 0 Å². The molecule has 0 N–H and O–H groups in total. The van der Waals surface area contributed by atoms with Gasteiger partial charge >= 0.3 is 0 Å². The number of rotatable bonds is 3. The first-order valence-electron chi connectivity index (χ1n) is 5.49. The van der Waals surface area contributed by atoms with Crippen LogP contribution in [0.3, 0.4) is 0 Å². The van der Waals surface area contributed by atoms with Crippen LogP contribution in [0.4, 0.5) is 0 Å². The Labute approximate surface area is 106 Å². The second kappa shape index (κ2) is 5.64. The fourth-order valence-electron chi connectivity index (χ4n) is 1.64. The van der Waals surface area contributed by atoms with Crippen LogP contribution in [0.2, 0.25) is 0 Å². The van der Waals surface area contributed by atoms with E-state index in [1.807, 2.05) is 13.0 Å². The van der Waals surface area contributed by atoms with Gasteiger partial charge in [0.1, 0.15) is 0 Å². The quantitative estimate of drug-likeness (QED) is 0.754. The summed E-state index contributed by atoms with van der Waals surface area (Å²) < 4.78 is 5.08. The lowest BCUT2D eigenvalue weighted by atomic mass is 9.99. The predicted octanol–water partition coefficient (Wildman–Crippen LogP) is 3.88. The second-order valence-corrected chi connectivity index (χ2v) is 4.82. The van der Waals surface area contributed by atoms with Gasteiger partial charge in [-0.25, -0.2) is 4.98 Å². The number of ether oxygens (including phenoxy) is 1. The molecule has 1 aromatic rings. The lowest BCUT2D eigenvalue weighted by molar-refractivity contribution is 0.334. The minimum Gasteiger partial charge on any atom is -0.504 e. The molecule has 0 amide bonds. The molecular weight excluding hydrogens is 230 g/mol. The molecule has 0 unspecified atom stereocenters. The molecule has 0 fully saturated rings. The zero-order valence-corrected chi connectivity index (χ0v) is 10.8. The first kappa shape index (κ1) is 11.9. The number of hydrogen-bond donors (Lipinski definition) is 0. The Morgan fingerprint density at radius 2 is 2.29 bits per heavy atom. The highest BCUT2D eigenvalue weighted by Crippen LogP contribution is 2.22. The first-order chi connectivity index (χ1) is 8.29. The average Bonchev–Trinajstić information content (AvgIpc) is 2.74. The Balaban J connectivity index is 2.16. The molecule has 1 aliphatic carbocycles. The van der Waals surface area contributed by atoms with Gasteiger partial charge in [-0.3, -0.25) is 0 Å². The zero-order valence-electron chi connectivity index (χ0n) is 10.0. The fourth-order valence-corrected chi connectivity index (χ4v) is 2.23. The molecule has 2 rings (SSSR count). The van der Waals surface area contributed by atoms with Crippen LogP contribution in [-0.4, -0.2) is 12.1 Å². The highest BCUT2D eigenvalue weighted by Gasteiger charge is 2.04. The Hall–Kier alpha value is -1.61. The molecule has 0 bridgehead atoms. The number of aromatic nitrogens is 1. The number of allylic oxidation sites excluding steroid dienone is 6. The topological polar surface area (TPSA) is 22.1 Å². The molecule has 0 spiro atoms. The number of thiazole rings is 1. The molecule has 1 aliphatic rings. The largest absolute Gasteiger partial charge is 0.504 e. The summed E-state index contributed by atoms with van der Waals surface area (Å²) >= 11 is 1.67. The lowest BCUT2D eigenvalue weighted by Crippen LogP contribution is -1.91. The highest BCUT2D eigenvalue weighted by molar-refractivity contribution is 7.09. The molecule has 0 saturated heterocycles. The van der Waals surface area contributed by atoms with Gasteiger partial charge in [-0.05, 0) is 30.6 Å². The van der Waals surface area contributed by atoms with Crippen LogP contribution in [0.5, 0.6) is 0 Å². The fraction of sp³-hybridized carbons (Fsp3) is 0.214. The van der Waals surface area contributed by atoms with Crippen molar-refractivity contribution in [1.82, 2.24) is 4.98 Å². The Bertz CT molecular complexity index is 506. The number of nitrogens with zero attached hydrogens (tertiary/aromatic N) is 1. The van der Waals surface area contributed by atoms with Crippen molar-refractivity contribution >= 4 is 17.4 Å². The zero-order chi connectivity index (χ0) is 12.1. The van der Waals surface area contributed by atoms with Gasteiger partial charge in [-0.15, -0.1) is 11.3 Å². The summed E-state index contributed by atoms with van der Waals surface area (Å²) in [6.45, 7) is 2.01. The molecule has 0 aromatic carbocycles. The van der Waals surface area contributed by atoms with Crippen molar-refractivity contribution in [2.24, 2.45) is 0 Å². The number of methoxy groups -OCH3 is 1.